The number of hydrogen-bond acceptors (Lipinski definition) is 3. The van der Waals surface area contributed by atoms with Gasteiger partial charge in [0.15, 0.2) is 0 Å². The number of hydroxylamine groups is 1. The summed E-state index contributed by atoms with van der Waals surface area (Å²) in [5.74, 6) is 5.86. The van der Waals surface area contributed by atoms with E-state index in [1.54, 1.807) is 0 Å². The van der Waals surface area contributed by atoms with Crippen LogP contribution >= 0.6 is 25.3 Å². The lowest BCUT2D eigenvalue weighted by Gasteiger charge is -2.28. The van der Waals surface area contributed by atoms with E-state index in [0.717, 1.165) is 27.3 Å². The van der Waals surface area contributed by atoms with Gasteiger partial charge in [-0.25, -0.2) is 5.06 Å². The van der Waals surface area contributed by atoms with E-state index in [1.807, 2.05) is 63.2 Å². The first-order chi connectivity index (χ1) is 11.3. The molecule has 0 unspecified atom stereocenters. The largest absolute Gasteiger partial charge is 0.215 e. The maximum Gasteiger partial charge on any atom is 0.0674 e. The van der Waals surface area contributed by atoms with Crippen LogP contribution in [0.2, 0.25) is 0 Å². The highest BCUT2D eigenvalue weighted by molar-refractivity contribution is 7.85. The molecular formula is C20H18NOS2. The topological polar surface area (TPSA) is 23.1 Å². The highest BCUT2D eigenvalue weighted by Gasteiger charge is 2.21. The molecule has 2 aromatic carbocycles. The number of rotatable bonds is 2. The fourth-order valence-corrected chi connectivity index (χ4v) is 2.50. The van der Waals surface area contributed by atoms with E-state index in [1.165, 1.54) is 0 Å². The van der Waals surface area contributed by atoms with Crippen LogP contribution in [0.1, 0.15) is 31.9 Å². The summed E-state index contributed by atoms with van der Waals surface area (Å²) in [4.78, 5) is 0. The average molecular weight is 353 g/mol. The van der Waals surface area contributed by atoms with Crippen LogP contribution in [0, 0.1) is 22.3 Å². The summed E-state index contributed by atoms with van der Waals surface area (Å²) < 4.78 is 0. The van der Waals surface area contributed by atoms with Crippen molar-refractivity contribution < 1.29 is 5.21 Å². The van der Waals surface area contributed by atoms with Crippen molar-refractivity contribution in [2.75, 3.05) is 5.06 Å². The maximum absolute atomic E-state index is 12.3. The number of thiol groups is 2. The number of hydrogen-bond donors (Lipinski definition) is 2. The van der Waals surface area contributed by atoms with Crippen molar-refractivity contribution in [3.63, 3.8) is 0 Å². The van der Waals surface area contributed by atoms with Gasteiger partial charge in [-0.2, -0.15) is 0 Å². The SMILES string of the molecule is CC(C)(C)N([O])c1ccc(-c2cc(C#CS)cc(C#CS)c2)cc1. The lowest BCUT2D eigenvalue weighted by Crippen LogP contribution is -2.37. The molecule has 0 saturated heterocycles. The van der Waals surface area contributed by atoms with Crippen LogP contribution in [0.3, 0.4) is 0 Å². The Morgan fingerprint density at radius 2 is 1.33 bits per heavy atom. The van der Waals surface area contributed by atoms with Gasteiger partial charge in [0.1, 0.15) is 0 Å². The smallest absolute Gasteiger partial charge is 0.0674 e. The first kappa shape index (κ1) is 18.4. The Hall–Kier alpha value is -1.98. The monoisotopic (exact) mass is 352 g/mol. The van der Waals surface area contributed by atoms with Crippen LogP contribution in [0.25, 0.3) is 11.1 Å². The third kappa shape index (κ3) is 4.52. The molecular weight excluding hydrogens is 334 g/mol. The van der Waals surface area contributed by atoms with Gasteiger partial charge in [0.2, 0.25) is 0 Å². The van der Waals surface area contributed by atoms with Crippen LogP contribution in [-0.2, 0) is 5.21 Å². The number of anilines is 1. The molecule has 4 heteroatoms. The average Bonchev–Trinajstić information content (AvgIpc) is 2.54. The predicted molar refractivity (Wildman–Crippen MR) is 107 cm³/mol. The second kappa shape index (κ2) is 7.73. The molecule has 0 bridgehead atoms. The molecule has 0 atom stereocenters. The van der Waals surface area contributed by atoms with Gasteiger partial charge in [0, 0.05) is 11.1 Å². The predicted octanol–water partition coefficient (Wildman–Crippen LogP) is 4.78. The normalized spacial score (nSPS) is 10.2. The second-order valence-electron chi connectivity index (χ2n) is 6.28. The van der Waals surface area contributed by atoms with Gasteiger partial charge in [0.05, 0.1) is 11.2 Å². The molecule has 0 aliphatic carbocycles. The molecule has 2 nitrogen and oxygen atoms in total. The molecule has 0 amide bonds. The standard InChI is InChI=1S/C20H18NOS2/c1-20(2,3)21(22)19-6-4-17(5-7-19)18-13-15(8-10-23)12-16(14-18)9-11-24/h4-7,12-14,23-24H,1-3H3. The van der Waals surface area contributed by atoms with Crippen LogP contribution in [0.4, 0.5) is 5.69 Å². The number of benzene rings is 2. The highest BCUT2D eigenvalue weighted by Crippen LogP contribution is 2.27. The molecule has 0 N–H and O–H groups in total. The summed E-state index contributed by atoms with van der Waals surface area (Å²) in [5, 5.41) is 18.5. The minimum absolute atomic E-state index is 0.473. The molecule has 0 saturated carbocycles. The zero-order valence-corrected chi connectivity index (χ0v) is 15.6. The van der Waals surface area contributed by atoms with Gasteiger partial charge in [-0.1, -0.05) is 54.4 Å². The lowest BCUT2D eigenvalue weighted by molar-refractivity contribution is 0.102. The maximum atomic E-state index is 12.3. The lowest BCUT2D eigenvalue weighted by atomic mass is 9.99. The summed E-state index contributed by atoms with van der Waals surface area (Å²) >= 11 is 7.90. The molecule has 0 aromatic heterocycles. The molecule has 1 radical (unpaired) electrons. The zero-order chi connectivity index (χ0) is 17.7. The molecule has 121 valence electrons. The van der Waals surface area contributed by atoms with Crippen molar-refractivity contribution in [1.82, 2.24) is 0 Å². The molecule has 0 heterocycles. The molecule has 0 fully saturated rings. The van der Waals surface area contributed by atoms with Crippen molar-refractivity contribution >= 4 is 30.9 Å². The first-order valence-corrected chi connectivity index (χ1v) is 8.27. The molecule has 24 heavy (non-hydrogen) atoms. The van der Waals surface area contributed by atoms with E-state index < -0.39 is 5.54 Å². The van der Waals surface area contributed by atoms with Crippen molar-refractivity contribution in [2.45, 2.75) is 26.3 Å². The quantitative estimate of drug-likeness (QED) is 0.453. The molecule has 0 aliphatic heterocycles. The molecule has 2 rings (SSSR count). The Balaban J connectivity index is 2.43. The third-order valence-electron chi connectivity index (χ3n) is 3.38. The second-order valence-corrected chi connectivity index (χ2v) is 6.73. The minimum atomic E-state index is -0.473. The van der Waals surface area contributed by atoms with Gasteiger partial charge in [-0.15, -0.1) is 0 Å². The zero-order valence-electron chi connectivity index (χ0n) is 13.8. The van der Waals surface area contributed by atoms with Crippen LogP contribution in [0.5, 0.6) is 0 Å². The van der Waals surface area contributed by atoms with E-state index in [9.17, 15) is 5.21 Å². The van der Waals surface area contributed by atoms with Gasteiger partial charge in [-0.05, 0) is 72.7 Å². The van der Waals surface area contributed by atoms with E-state index in [4.69, 9.17) is 0 Å². The Labute approximate surface area is 154 Å². The van der Waals surface area contributed by atoms with Crippen molar-refractivity contribution in [2.24, 2.45) is 0 Å². The first-order valence-electron chi connectivity index (χ1n) is 7.38. The van der Waals surface area contributed by atoms with Gasteiger partial charge in [0.25, 0.3) is 0 Å². The summed E-state index contributed by atoms with van der Waals surface area (Å²) in [5.41, 5.74) is 3.79. The molecule has 0 aliphatic rings. The van der Waals surface area contributed by atoms with E-state index in [0.29, 0.717) is 5.69 Å². The summed E-state index contributed by atoms with van der Waals surface area (Å²) in [6, 6.07) is 13.3. The molecule has 0 spiro atoms. The fraction of sp³-hybridized carbons (Fsp3) is 0.200. The highest BCUT2D eigenvalue weighted by atomic mass is 32.1. The third-order valence-corrected chi connectivity index (χ3v) is 3.60. The Kier molecular flexibility index (Phi) is 5.91. The Morgan fingerprint density at radius 3 is 1.75 bits per heavy atom. The van der Waals surface area contributed by atoms with Crippen LogP contribution in [0.15, 0.2) is 42.5 Å². The van der Waals surface area contributed by atoms with Gasteiger partial charge < -0.3 is 0 Å². The summed E-state index contributed by atoms with van der Waals surface area (Å²) in [7, 11) is 0. The van der Waals surface area contributed by atoms with E-state index in [-0.39, 0.29) is 0 Å². The van der Waals surface area contributed by atoms with Crippen molar-refractivity contribution in [3.05, 3.63) is 53.6 Å². The van der Waals surface area contributed by atoms with E-state index in [2.05, 4.69) is 47.6 Å². The fourth-order valence-electron chi connectivity index (χ4n) is 2.24. The van der Waals surface area contributed by atoms with E-state index >= 15 is 0 Å². The molecule has 2 aromatic rings. The van der Waals surface area contributed by atoms with Crippen molar-refractivity contribution in [1.29, 1.82) is 0 Å². The summed E-state index contributed by atoms with van der Waals surface area (Å²) in [6.07, 6.45) is 0. The van der Waals surface area contributed by atoms with Crippen LogP contribution in [-0.4, -0.2) is 5.54 Å². The minimum Gasteiger partial charge on any atom is -0.215 e. The van der Waals surface area contributed by atoms with Crippen LogP contribution < -0.4 is 5.06 Å². The van der Waals surface area contributed by atoms with Gasteiger partial charge >= 0.3 is 0 Å². The summed E-state index contributed by atoms with van der Waals surface area (Å²) in [6.45, 7) is 5.65. The Morgan fingerprint density at radius 1 is 0.833 bits per heavy atom. The van der Waals surface area contributed by atoms with Gasteiger partial charge in [-0.3, -0.25) is 0 Å². The Bertz CT molecular complexity index is 805. The van der Waals surface area contributed by atoms with Crippen molar-refractivity contribution in [3.8, 4) is 33.5 Å². The number of nitrogens with zero attached hydrogens (tertiary/aromatic N) is 1.